The first-order valence-corrected chi connectivity index (χ1v) is 9.15. The van der Waals surface area contributed by atoms with Crippen LogP contribution in [-0.2, 0) is 19.4 Å². The topological polar surface area (TPSA) is 51.1 Å². The molecule has 0 aliphatic carbocycles. The van der Waals surface area contributed by atoms with Crippen LogP contribution in [0.15, 0.2) is 47.4 Å². The van der Waals surface area contributed by atoms with Crippen molar-refractivity contribution in [3.8, 4) is 0 Å². The van der Waals surface area contributed by atoms with Crippen LogP contribution < -0.4 is 10.7 Å². The Hall–Kier alpha value is -2.88. The van der Waals surface area contributed by atoms with Crippen LogP contribution in [0.25, 0.3) is 10.9 Å². The van der Waals surface area contributed by atoms with E-state index in [0.29, 0.717) is 5.39 Å². The van der Waals surface area contributed by atoms with E-state index in [1.54, 1.807) is 6.20 Å². The molecule has 2 aromatic carbocycles. The normalized spacial score (nSPS) is 13.0. The second-order valence-electron chi connectivity index (χ2n) is 6.90. The molecule has 0 radical (unpaired) electrons. The number of benzene rings is 2. The molecule has 4 heteroatoms. The van der Waals surface area contributed by atoms with Crippen molar-refractivity contribution in [3.63, 3.8) is 0 Å². The fraction of sp³-hybridized carbons (Fsp3) is 0.273. The molecule has 132 valence electrons. The number of amides is 1. The zero-order chi connectivity index (χ0) is 18.3. The highest BCUT2D eigenvalue weighted by Gasteiger charge is 2.20. The lowest BCUT2D eigenvalue weighted by Crippen LogP contribution is -2.26. The van der Waals surface area contributed by atoms with Crippen molar-refractivity contribution in [2.45, 2.75) is 39.7 Å². The van der Waals surface area contributed by atoms with Gasteiger partial charge < -0.3 is 9.88 Å². The van der Waals surface area contributed by atoms with Gasteiger partial charge in [-0.1, -0.05) is 37.3 Å². The van der Waals surface area contributed by atoms with Gasteiger partial charge in [-0.3, -0.25) is 9.59 Å². The summed E-state index contributed by atoms with van der Waals surface area (Å²) in [5, 5.41) is 3.62. The van der Waals surface area contributed by atoms with Gasteiger partial charge in [-0.2, -0.15) is 0 Å². The molecular weight excluding hydrogens is 324 g/mol. The molecule has 4 rings (SSSR count). The lowest BCUT2D eigenvalue weighted by atomic mass is 9.99. The summed E-state index contributed by atoms with van der Waals surface area (Å²) in [4.78, 5) is 25.9. The summed E-state index contributed by atoms with van der Waals surface area (Å²) in [5.41, 5.74) is 5.07. The standard InChI is InChI=1S/C22H22N2O2/c1-3-15-8-4-7-14(2)19(15)23-22(26)18-13-24-12-6-10-16-9-5-11-17(20(16)24)21(18)25/h4-5,7-9,11,13H,3,6,10,12H2,1-2H3,(H,23,26). The molecule has 0 saturated heterocycles. The number of para-hydroxylation sites is 2. The van der Waals surface area contributed by atoms with Crippen molar-refractivity contribution in [2.75, 3.05) is 5.32 Å². The Morgan fingerprint density at radius 3 is 2.81 bits per heavy atom. The Kier molecular flexibility index (Phi) is 4.11. The zero-order valence-electron chi connectivity index (χ0n) is 15.1. The van der Waals surface area contributed by atoms with Crippen molar-refractivity contribution in [3.05, 3.63) is 75.1 Å². The predicted octanol–water partition coefficient (Wildman–Crippen LogP) is 4.07. The molecule has 0 bridgehead atoms. The summed E-state index contributed by atoms with van der Waals surface area (Å²) in [5.74, 6) is -0.333. The van der Waals surface area contributed by atoms with E-state index >= 15 is 0 Å². The summed E-state index contributed by atoms with van der Waals surface area (Å²) >= 11 is 0. The Labute approximate surface area is 152 Å². The van der Waals surface area contributed by atoms with Gasteiger partial charge in [0.15, 0.2) is 0 Å². The van der Waals surface area contributed by atoms with E-state index < -0.39 is 0 Å². The van der Waals surface area contributed by atoms with Crippen molar-refractivity contribution >= 4 is 22.5 Å². The molecular formula is C22H22N2O2. The van der Waals surface area contributed by atoms with E-state index in [1.807, 2.05) is 37.3 Å². The number of rotatable bonds is 3. The molecule has 1 aliphatic heterocycles. The summed E-state index contributed by atoms with van der Waals surface area (Å²) in [6.07, 6.45) is 4.55. The maximum Gasteiger partial charge on any atom is 0.261 e. The van der Waals surface area contributed by atoms with Gasteiger partial charge in [0, 0.05) is 23.8 Å². The van der Waals surface area contributed by atoms with Gasteiger partial charge in [-0.25, -0.2) is 0 Å². The van der Waals surface area contributed by atoms with Crippen molar-refractivity contribution in [2.24, 2.45) is 0 Å². The van der Waals surface area contributed by atoms with E-state index in [2.05, 4.69) is 22.9 Å². The Balaban J connectivity index is 1.82. The van der Waals surface area contributed by atoms with Crippen LogP contribution in [0.4, 0.5) is 5.69 Å². The smallest absolute Gasteiger partial charge is 0.261 e. The van der Waals surface area contributed by atoms with Crippen LogP contribution >= 0.6 is 0 Å². The van der Waals surface area contributed by atoms with E-state index in [9.17, 15) is 9.59 Å². The molecule has 0 fully saturated rings. The molecule has 3 aromatic rings. The minimum Gasteiger partial charge on any atom is -0.346 e. The highest BCUT2D eigenvalue weighted by Crippen LogP contribution is 2.25. The minimum absolute atomic E-state index is 0.191. The number of hydrogen-bond acceptors (Lipinski definition) is 2. The van der Waals surface area contributed by atoms with Crippen molar-refractivity contribution in [1.29, 1.82) is 0 Å². The largest absolute Gasteiger partial charge is 0.346 e. The molecule has 0 saturated carbocycles. The highest BCUT2D eigenvalue weighted by molar-refractivity contribution is 6.06. The van der Waals surface area contributed by atoms with Crippen LogP contribution in [0.2, 0.25) is 0 Å². The van der Waals surface area contributed by atoms with Gasteiger partial charge in [0.05, 0.1) is 5.52 Å². The van der Waals surface area contributed by atoms with Crippen LogP contribution in [0, 0.1) is 6.92 Å². The van der Waals surface area contributed by atoms with Gasteiger partial charge in [-0.05, 0) is 48.9 Å². The first-order chi connectivity index (χ1) is 12.6. The molecule has 1 aromatic heterocycles. The van der Waals surface area contributed by atoms with Crippen LogP contribution in [-0.4, -0.2) is 10.5 Å². The molecule has 1 amide bonds. The second kappa shape index (κ2) is 6.45. The van der Waals surface area contributed by atoms with E-state index in [1.165, 1.54) is 5.56 Å². The van der Waals surface area contributed by atoms with Gasteiger partial charge in [0.2, 0.25) is 5.43 Å². The van der Waals surface area contributed by atoms with Gasteiger partial charge in [-0.15, -0.1) is 0 Å². The Morgan fingerprint density at radius 1 is 1.19 bits per heavy atom. The molecule has 1 aliphatic rings. The first-order valence-electron chi connectivity index (χ1n) is 9.15. The number of aromatic nitrogens is 1. The zero-order valence-corrected chi connectivity index (χ0v) is 15.1. The number of nitrogens with zero attached hydrogens (tertiary/aromatic N) is 1. The van der Waals surface area contributed by atoms with Crippen molar-refractivity contribution in [1.82, 2.24) is 4.57 Å². The molecule has 2 heterocycles. The van der Waals surface area contributed by atoms with Gasteiger partial charge in [0.25, 0.3) is 5.91 Å². The summed E-state index contributed by atoms with van der Waals surface area (Å²) in [7, 11) is 0. The van der Waals surface area contributed by atoms with Gasteiger partial charge >= 0.3 is 0 Å². The van der Waals surface area contributed by atoms with E-state index in [-0.39, 0.29) is 16.9 Å². The number of nitrogens with one attached hydrogen (secondary N) is 1. The van der Waals surface area contributed by atoms with Crippen LogP contribution in [0.3, 0.4) is 0 Å². The quantitative estimate of drug-likeness (QED) is 0.777. The third-order valence-corrected chi connectivity index (χ3v) is 5.25. The Bertz CT molecular complexity index is 1080. The van der Waals surface area contributed by atoms with Crippen LogP contribution in [0.5, 0.6) is 0 Å². The lowest BCUT2D eigenvalue weighted by molar-refractivity contribution is 0.102. The predicted molar refractivity (Wildman–Crippen MR) is 105 cm³/mol. The number of hydrogen-bond donors (Lipinski definition) is 1. The molecule has 4 nitrogen and oxygen atoms in total. The number of anilines is 1. The second-order valence-corrected chi connectivity index (χ2v) is 6.90. The van der Waals surface area contributed by atoms with Crippen LogP contribution in [0.1, 0.15) is 40.4 Å². The SMILES string of the molecule is CCc1cccc(C)c1NC(=O)c1cn2c3c(cccc3c1=O)CCC2. The summed E-state index contributed by atoms with van der Waals surface area (Å²) in [6, 6.07) is 11.8. The lowest BCUT2D eigenvalue weighted by Gasteiger charge is -2.21. The molecule has 1 N–H and O–H groups in total. The van der Waals surface area contributed by atoms with Gasteiger partial charge in [0.1, 0.15) is 5.56 Å². The molecule has 26 heavy (non-hydrogen) atoms. The fourth-order valence-electron chi connectivity index (χ4n) is 3.90. The summed E-state index contributed by atoms with van der Waals surface area (Å²) < 4.78 is 2.06. The van der Waals surface area contributed by atoms with E-state index in [4.69, 9.17) is 0 Å². The Morgan fingerprint density at radius 2 is 2.00 bits per heavy atom. The van der Waals surface area contributed by atoms with E-state index in [0.717, 1.165) is 48.1 Å². The maximum atomic E-state index is 13.0. The van der Waals surface area contributed by atoms with Crippen molar-refractivity contribution < 1.29 is 4.79 Å². The number of carbonyl (C=O) groups is 1. The fourth-order valence-corrected chi connectivity index (χ4v) is 3.90. The molecule has 0 spiro atoms. The summed E-state index contributed by atoms with van der Waals surface area (Å²) in [6.45, 7) is 4.86. The number of pyridine rings is 1. The first kappa shape index (κ1) is 16.6. The third-order valence-electron chi connectivity index (χ3n) is 5.25. The average molecular weight is 346 g/mol. The minimum atomic E-state index is -0.333. The monoisotopic (exact) mass is 346 g/mol. The molecule has 0 atom stereocenters. The third kappa shape index (κ3) is 2.62. The number of carbonyl (C=O) groups excluding carboxylic acids is 1. The highest BCUT2D eigenvalue weighted by atomic mass is 16.2. The molecule has 0 unspecified atom stereocenters. The number of aryl methyl sites for hydroxylation is 4. The average Bonchev–Trinajstić information content (AvgIpc) is 2.66. The maximum absolute atomic E-state index is 13.0.